The topological polar surface area (TPSA) is 61.1 Å². The summed E-state index contributed by atoms with van der Waals surface area (Å²) in [5, 5.41) is 18.5. The Labute approximate surface area is 145 Å². The Hall–Kier alpha value is -2.95. The largest absolute Gasteiger partial charge is 0.481 e. The minimum atomic E-state index is -4.84. The van der Waals surface area contributed by atoms with E-state index in [1.165, 1.54) is 12.1 Å². The van der Waals surface area contributed by atoms with Crippen LogP contribution in [0.3, 0.4) is 0 Å². The van der Waals surface area contributed by atoms with E-state index in [1.807, 2.05) is 0 Å². The molecule has 0 heterocycles. The molecule has 2 aromatic rings. The van der Waals surface area contributed by atoms with E-state index in [2.05, 4.69) is 0 Å². The highest BCUT2D eigenvalue weighted by Crippen LogP contribution is 2.39. The van der Waals surface area contributed by atoms with Crippen LogP contribution in [0.25, 0.3) is 0 Å². The molecule has 2 rings (SSSR count). The number of rotatable bonds is 5. The van der Waals surface area contributed by atoms with Gasteiger partial charge in [-0.15, -0.1) is 0 Å². The number of benzene rings is 2. The van der Waals surface area contributed by atoms with E-state index in [0.717, 1.165) is 18.2 Å². The highest BCUT2D eigenvalue weighted by atomic mass is 19.4. The SMILES string of the molecule is N#CC(c1cccc(F)c1)C(CC(=O)O)c1cc(F)cc(C(F)(F)F)c1. The fourth-order valence-corrected chi connectivity index (χ4v) is 2.70. The summed E-state index contributed by atoms with van der Waals surface area (Å²) in [7, 11) is 0. The summed E-state index contributed by atoms with van der Waals surface area (Å²) in [4.78, 5) is 11.2. The Morgan fingerprint density at radius 1 is 1.08 bits per heavy atom. The molecular weight excluding hydrogens is 357 g/mol. The minimum Gasteiger partial charge on any atom is -0.481 e. The molecule has 2 atom stereocenters. The highest BCUT2D eigenvalue weighted by Gasteiger charge is 2.34. The van der Waals surface area contributed by atoms with Crippen molar-refractivity contribution in [1.82, 2.24) is 0 Å². The molecule has 0 aliphatic rings. The van der Waals surface area contributed by atoms with Gasteiger partial charge in [0.15, 0.2) is 0 Å². The predicted molar refractivity (Wildman–Crippen MR) is 81.1 cm³/mol. The summed E-state index contributed by atoms with van der Waals surface area (Å²) in [5.41, 5.74) is -1.49. The fourth-order valence-electron chi connectivity index (χ4n) is 2.70. The molecule has 8 heteroatoms. The van der Waals surface area contributed by atoms with E-state index >= 15 is 0 Å². The van der Waals surface area contributed by atoms with Crippen LogP contribution < -0.4 is 0 Å². The zero-order valence-corrected chi connectivity index (χ0v) is 13.1. The van der Waals surface area contributed by atoms with E-state index in [0.29, 0.717) is 6.07 Å². The number of hydrogen-bond acceptors (Lipinski definition) is 2. The van der Waals surface area contributed by atoms with E-state index in [-0.39, 0.29) is 17.2 Å². The fraction of sp³-hybridized carbons (Fsp3) is 0.222. The van der Waals surface area contributed by atoms with Crippen molar-refractivity contribution >= 4 is 5.97 Å². The van der Waals surface area contributed by atoms with Crippen molar-refractivity contribution in [2.75, 3.05) is 0 Å². The first-order valence-electron chi connectivity index (χ1n) is 7.36. The van der Waals surface area contributed by atoms with Gasteiger partial charge in [-0.05, 0) is 41.5 Å². The second-order valence-corrected chi connectivity index (χ2v) is 5.64. The molecule has 0 bridgehead atoms. The number of nitriles is 1. The first kappa shape index (κ1) is 19.4. The second-order valence-electron chi connectivity index (χ2n) is 5.64. The van der Waals surface area contributed by atoms with Crippen LogP contribution >= 0.6 is 0 Å². The number of halogens is 5. The first-order chi connectivity index (χ1) is 12.1. The van der Waals surface area contributed by atoms with Crippen LogP contribution in [0.1, 0.15) is 34.9 Å². The number of aliphatic carboxylic acids is 1. The first-order valence-corrected chi connectivity index (χ1v) is 7.36. The quantitative estimate of drug-likeness (QED) is 0.767. The van der Waals surface area contributed by atoms with Gasteiger partial charge in [-0.3, -0.25) is 4.79 Å². The van der Waals surface area contributed by atoms with Crippen molar-refractivity contribution in [3.05, 3.63) is 70.8 Å². The molecule has 0 aliphatic carbocycles. The lowest BCUT2D eigenvalue weighted by Crippen LogP contribution is -2.16. The van der Waals surface area contributed by atoms with Crippen LogP contribution in [-0.4, -0.2) is 11.1 Å². The lowest BCUT2D eigenvalue weighted by Gasteiger charge is -2.22. The molecule has 0 aromatic heterocycles. The lowest BCUT2D eigenvalue weighted by atomic mass is 9.79. The normalized spacial score (nSPS) is 13.7. The predicted octanol–water partition coefficient (Wildman–Crippen LogP) is 4.85. The van der Waals surface area contributed by atoms with Crippen LogP contribution in [0.15, 0.2) is 42.5 Å². The Kier molecular flexibility index (Phi) is 5.60. The van der Waals surface area contributed by atoms with Crippen molar-refractivity contribution in [3.8, 4) is 6.07 Å². The third-order valence-electron chi connectivity index (χ3n) is 3.82. The van der Waals surface area contributed by atoms with Crippen molar-refractivity contribution in [2.45, 2.75) is 24.4 Å². The molecule has 1 N–H and O–H groups in total. The lowest BCUT2D eigenvalue weighted by molar-refractivity contribution is -0.138. The number of alkyl halides is 3. The summed E-state index contributed by atoms with van der Waals surface area (Å²) in [6.07, 6.45) is -5.57. The van der Waals surface area contributed by atoms with Gasteiger partial charge in [0.25, 0.3) is 0 Å². The number of hydrogen-bond donors (Lipinski definition) is 1. The maximum Gasteiger partial charge on any atom is 0.416 e. The Balaban J connectivity index is 2.59. The molecule has 0 radical (unpaired) electrons. The molecule has 136 valence electrons. The van der Waals surface area contributed by atoms with Crippen LogP contribution in [0.5, 0.6) is 0 Å². The Bertz CT molecular complexity index is 857. The summed E-state index contributed by atoms with van der Waals surface area (Å²) in [6, 6.07) is 8.19. The summed E-state index contributed by atoms with van der Waals surface area (Å²) >= 11 is 0. The van der Waals surface area contributed by atoms with Gasteiger partial charge in [-0.1, -0.05) is 12.1 Å². The maximum absolute atomic E-state index is 13.7. The second kappa shape index (κ2) is 7.52. The van der Waals surface area contributed by atoms with Gasteiger partial charge < -0.3 is 5.11 Å². The Morgan fingerprint density at radius 3 is 2.27 bits per heavy atom. The van der Waals surface area contributed by atoms with E-state index < -0.39 is 47.6 Å². The molecule has 0 saturated heterocycles. The molecule has 0 saturated carbocycles. The van der Waals surface area contributed by atoms with Crippen LogP contribution in [-0.2, 0) is 11.0 Å². The zero-order valence-electron chi connectivity index (χ0n) is 13.1. The third-order valence-corrected chi connectivity index (χ3v) is 3.82. The standard InChI is InChI=1S/C18H12F5NO2/c19-13-3-1-2-10(5-13)16(9-24)15(8-17(25)26)11-4-12(18(21,22)23)7-14(20)6-11/h1-7,15-16H,8H2,(H,25,26). The van der Waals surface area contributed by atoms with Gasteiger partial charge in [0.05, 0.1) is 24.0 Å². The molecule has 0 aliphatic heterocycles. The summed E-state index contributed by atoms with van der Waals surface area (Å²) in [6.45, 7) is 0. The number of carboxylic acids is 1. The smallest absolute Gasteiger partial charge is 0.416 e. The number of carboxylic acid groups (broad SMARTS) is 1. The molecule has 0 amide bonds. The van der Waals surface area contributed by atoms with Crippen LogP contribution in [0.2, 0.25) is 0 Å². The number of nitrogens with zero attached hydrogens (tertiary/aromatic N) is 1. The van der Waals surface area contributed by atoms with Gasteiger partial charge in [0.2, 0.25) is 0 Å². The van der Waals surface area contributed by atoms with Gasteiger partial charge in [-0.2, -0.15) is 18.4 Å². The van der Waals surface area contributed by atoms with Crippen molar-refractivity contribution < 1.29 is 31.9 Å². The van der Waals surface area contributed by atoms with E-state index in [4.69, 9.17) is 5.11 Å². The molecule has 3 nitrogen and oxygen atoms in total. The van der Waals surface area contributed by atoms with Crippen LogP contribution in [0, 0.1) is 23.0 Å². The van der Waals surface area contributed by atoms with Crippen molar-refractivity contribution in [2.24, 2.45) is 0 Å². The monoisotopic (exact) mass is 369 g/mol. The molecule has 2 aromatic carbocycles. The Morgan fingerprint density at radius 2 is 1.73 bits per heavy atom. The molecule has 2 unspecified atom stereocenters. The van der Waals surface area contributed by atoms with Crippen molar-refractivity contribution in [1.29, 1.82) is 5.26 Å². The summed E-state index contributed by atoms with van der Waals surface area (Å²) in [5.74, 6) is -5.85. The molecular formula is C18H12F5NO2. The minimum absolute atomic E-state index is 0.0940. The zero-order chi connectivity index (χ0) is 19.5. The van der Waals surface area contributed by atoms with Gasteiger partial charge >= 0.3 is 12.1 Å². The van der Waals surface area contributed by atoms with Crippen molar-refractivity contribution in [3.63, 3.8) is 0 Å². The average molecular weight is 369 g/mol. The molecule has 0 spiro atoms. The van der Waals surface area contributed by atoms with Gasteiger partial charge in [0.1, 0.15) is 11.6 Å². The summed E-state index contributed by atoms with van der Waals surface area (Å²) < 4.78 is 65.9. The molecule has 0 fully saturated rings. The number of carbonyl (C=O) groups is 1. The van der Waals surface area contributed by atoms with Gasteiger partial charge in [0, 0.05) is 5.92 Å². The van der Waals surface area contributed by atoms with E-state index in [9.17, 15) is 32.0 Å². The van der Waals surface area contributed by atoms with Crippen LogP contribution in [0.4, 0.5) is 22.0 Å². The van der Waals surface area contributed by atoms with E-state index in [1.54, 1.807) is 6.07 Å². The third kappa shape index (κ3) is 4.57. The average Bonchev–Trinajstić information content (AvgIpc) is 2.53. The molecule has 26 heavy (non-hydrogen) atoms. The van der Waals surface area contributed by atoms with Gasteiger partial charge in [-0.25, -0.2) is 8.78 Å². The highest BCUT2D eigenvalue weighted by molar-refractivity contribution is 5.68. The maximum atomic E-state index is 13.7.